The first-order valence-corrected chi connectivity index (χ1v) is 5.16. The van der Waals surface area contributed by atoms with E-state index in [0.29, 0.717) is 5.69 Å². The second-order valence-corrected chi connectivity index (χ2v) is 3.92. The van der Waals surface area contributed by atoms with Gasteiger partial charge >= 0.3 is 10.4 Å². The molecule has 1 aliphatic heterocycles. The zero-order valence-corrected chi connectivity index (χ0v) is 8.11. The number of rotatable bonds is 1. The van der Waals surface area contributed by atoms with Crippen LogP contribution in [0.1, 0.15) is 5.56 Å². The summed E-state index contributed by atoms with van der Waals surface area (Å²) in [6, 6.07) is 7.05. The Hall–Kier alpha value is -1.15. The molecule has 0 aromatic heterocycles. The van der Waals surface area contributed by atoms with Gasteiger partial charge in [-0.25, -0.2) is 0 Å². The molecule has 7 heteroatoms. The molecule has 0 amide bonds. The van der Waals surface area contributed by atoms with Crippen LogP contribution >= 0.6 is 0 Å². The van der Waals surface area contributed by atoms with Crippen LogP contribution < -0.4 is 10.8 Å². The van der Waals surface area contributed by atoms with Crippen molar-refractivity contribution in [3.63, 3.8) is 0 Å². The standard InChI is InChI=1S/C7H8N2O4S/c1-6-2-4-7(5-3-6)9-8-12-14(10,11)13-9/h2-5,8H,1H3. The van der Waals surface area contributed by atoms with Gasteiger partial charge in [-0.2, -0.15) is 8.42 Å². The molecule has 2 rings (SSSR count). The minimum atomic E-state index is -3.94. The lowest BCUT2D eigenvalue weighted by Crippen LogP contribution is -2.28. The molecule has 1 fully saturated rings. The van der Waals surface area contributed by atoms with Crippen LogP contribution in [0.2, 0.25) is 0 Å². The van der Waals surface area contributed by atoms with Gasteiger partial charge in [0.1, 0.15) is 0 Å². The van der Waals surface area contributed by atoms with E-state index in [-0.39, 0.29) is 0 Å². The highest BCUT2D eigenvalue weighted by atomic mass is 32.3. The van der Waals surface area contributed by atoms with E-state index >= 15 is 0 Å². The second-order valence-electron chi connectivity index (χ2n) is 2.79. The maximum atomic E-state index is 10.7. The fourth-order valence-corrected chi connectivity index (χ4v) is 1.47. The zero-order chi connectivity index (χ0) is 10.2. The topological polar surface area (TPSA) is 67.9 Å². The Kier molecular flexibility index (Phi) is 2.16. The van der Waals surface area contributed by atoms with Gasteiger partial charge in [0, 0.05) is 0 Å². The summed E-state index contributed by atoms with van der Waals surface area (Å²) >= 11 is 0. The van der Waals surface area contributed by atoms with Gasteiger partial charge in [0.25, 0.3) is 0 Å². The predicted octanol–water partition coefficient (Wildman–Crippen LogP) is 0.428. The second kappa shape index (κ2) is 3.21. The maximum absolute atomic E-state index is 10.7. The molecule has 1 N–H and O–H groups in total. The Morgan fingerprint density at radius 3 is 2.43 bits per heavy atom. The van der Waals surface area contributed by atoms with Crippen molar-refractivity contribution in [3.05, 3.63) is 29.8 Å². The van der Waals surface area contributed by atoms with Crippen molar-refractivity contribution in [2.45, 2.75) is 6.92 Å². The van der Waals surface area contributed by atoms with Crippen LogP contribution in [0.4, 0.5) is 5.69 Å². The number of hydrogen-bond donors (Lipinski definition) is 1. The molecule has 0 saturated carbocycles. The summed E-state index contributed by atoms with van der Waals surface area (Å²) in [5, 5.41) is 0.925. The van der Waals surface area contributed by atoms with Gasteiger partial charge in [0.2, 0.25) is 0 Å². The smallest absolute Gasteiger partial charge is 0.165 e. The summed E-state index contributed by atoms with van der Waals surface area (Å²) in [5.74, 6) is 0. The molecule has 0 spiro atoms. The summed E-state index contributed by atoms with van der Waals surface area (Å²) in [6.07, 6.45) is 0. The largest absolute Gasteiger partial charge is 0.440 e. The van der Waals surface area contributed by atoms with Gasteiger partial charge in [-0.3, -0.25) is 0 Å². The van der Waals surface area contributed by atoms with E-state index in [1.54, 1.807) is 12.1 Å². The number of hydrogen-bond acceptors (Lipinski definition) is 6. The van der Waals surface area contributed by atoms with Gasteiger partial charge in [-0.1, -0.05) is 23.3 Å². The SMILES string of the molecule is Cc1ccc(N2NOS(=O)(=O)O2)cc1. The average molecular weight is 216 g/mol. The first kappa shape index (κ1) is 9.41. The molecular weight excluding hydrogens is 208 g/mol. The first-order valence-electron chi connectivity index (χ1n) is 3.82. The summed E-state index contributed by atoms with van der Waals surface area (Å²) in [6.45, 7) is 1.93. The maximum Gasteiger partial charge on any atom is 0.440 e. The highest BCUT2D eigenvalue weighted by Gasteiger charge is 2.28. The molecule has 1 aliphatic rings. The zero-order valence-electron chi connectivity index (χ0n) is 7.30. The molecule has 0 bridgehead atoms. The minimum absolute atomic E-state index is 0.539. The van der Waals surface area contributed by atoms with Gasteiger partial charge in [0.15, 0.2) is 0 Å². The Bertz CT molecular complexity index is 428. The molecule has 1 saturated heterocycles. The highest BCUT2D eigenvalue weighted by Crippen LogP contribution is 2.18. The highest BCUT2D eigenvalue weighted by molar-refractivity contribution is 7.82. The van der Waals surface area contributed by atoms with Crippen molar-refractivity contribution in [3.8, 4) is 0 Å². The molecule has 0 radical (unpaired) electrons. The van der Waals surface area contributed by atoms with E-state index in [9.17, 15) is 8.42 Å². The lowest BCUT2D eigenvalue weighted by molar-refractivity contribution is 0.198. The van der Waals surface area contributed by atoms with Crippen LogP contribution in [0.15, 0.2) is 24.3 Å². The van der Waals surface area contributed by atoms with Crippen molar-refractivity contribution >= 4 is 16.1 Å². The number of anilines is 1. The summed E-state index contributed by atoms with van der Waals surface area (Å²) in [4.78, 5) is 0. The summed E-state index contributed by atoms with van der Waals surface area (Å²) in [7, 11) is -3.94. The van der Waals surface area contributed by atoms with Crippen molar-refractivity contribution in [1.82, 2.24) is 5.59 Å². The van der Waals surface area contributed by atoms with Crippen LogP contribution in [0.25, 0.3) is 0 Å². The van der Waals surface area contributed by atoms with Crippen LogP contribution in [0.5, 0.6) is 0 Å². The minimum Gasteiger partial charge on any atom is -0.165 e. The fourth-order valence-electron chi connectivity index (χ4n) is 0.977. The number of nitrogens with zero attached hydrogens (tertiary/aromatic N) is 1. The van der Waals surface area contributed by atoms with Crippen molar-refractivity contribution in [2.24, 2.45) is 0 Å². The normalized spacial score (nSPS) is 19.9. The average Bonchev–Trinajstić information content (AvgIpc) is 2.47. The molecular formula is C7H8N2O4S. The third-order valence-electron chi connectivity index (χ3n) is 1.66. The van der Waals surface area contributed by atoms with Crippen molar-refractivity contribution < 1.29 is 17.0 Å². The molecule has 0 atom stereocenters. The van der Waals surface area contributed by atoms with Gasteiger partial charge in [-0.05, 0) is 19.1 Å². The number of benzene rings is 1. The lowest BCUT2D eigenvalue weighted by atomic mass is 10.2. The molecule has 76 valence electrons. The molecule has 1 heterocycles. The quantitative estimate of drug-likeness (QED) is 0.734. The number of aryl methyl sites for hydroxylation is 1. The number of nitrogens with one attached hydrogen (secondary N) is 1. The van der Waals surface area contributed by atoms with E-state index in [1.807, 2.05) is 19.1 Å². The summed E-state index contributed by atoms with van der Waals surface area (Å²) in [5.41, 5.74) is 3.71. The van der Waals surface area contributed by atoms with Crippen molar-refractivity contribution in [1.29, 1.82) is 0 Å². The van der Waals surface area contributed by atoms with E-state index in [1.165, 1.54) is 0 Å². The summed E-state index contributed by atoms with van der Waals surface area (Å²) < 4.78 is 30.1. The van der Waals surface area contributed by atoms with Crippen LogP contribution in [-0.4, -0.2) is 8.42 Å². The van der Waals surface area contributed by atoms with Crippen LogP contribution in [0, 0.1) is 6.92 Å². The fraction of sp³-hybridized carbons (Fsp3) is 0.143. The predicted molar refractivity (Wildman–Crippen MR) is 47.9 cm³/mol. The first-order chi connectivity index (χ1) is 6.57. The Morgan fingerprint density at radius 1 is 1.29 bits per heavy atom. The van der Waals surface area contributed by atoms with Crippen LogP contribution in [-0.2, 0) is 19.0 Å². The molecule has 0 unspecified atom stereocenters. The van der Waals surface area contributed by atoms with E-state index in [0.717, 1.165) is 10.7 Å². The van der Waals surface area contributed by atoms with E-state index in [4.69, 9.17) is 0 Å². The monoisotopic (exact) mass is 216 g/mol. The molecule has 1 aromatic carbocycles. The Labute approximate surface area is 81.2 Å². The number of hydrazine groups is 1. The van der Waals surface area contributed by atoms with E-state index < -0.39 is 10.4 Å². The van der Waals surface area contributed by atoms with Gasteiger partial charge in [0.05, 0.1) is 5.69 Å². The molecule has 1 aromatic rings. The third kappa shape index (κ3) is 1.85. The Morgan fingerprint density at radius 2 is 1.93 bits per heavy atom. The third-order valence-corrected chi connectivity index (χ3v) is 2.27. The molecule has 6 nitrogen and oxygen atoms in total. The van der Waals surface area contributed by atoms with Gasteiger partial charge in [-0.15, -0.1) is 13.7 Å². The van der Waals surface area contributed by atoms with E-state index in [2.05, 4.69) is 14.2 Å². The molecule has 0 aliphatic carbocycles. The molecule has 14 heavy (non-hydrogen) atoms. The van der Waals surface area contributed by atoms with Crippen LogP contribution in [0.3, 0.4) is 0 Å². The lowest BCUT2D eigenvalue weighted by Gasteiger charge is -2.10. The van der Waals surface area contributed by atoms with Crippen molar-refractivity contribution in [2.75, 3.05) is 5.17 Å². The van der Waals surface area contributed by atoms with Gasteiger partial charge < -0.3 is 0 Å². The Balaban J connectivity index is 2.22.